The molecule has 0 atom stereocenters. The standard InChI is InChI=1S/C29H36N6O2/c1-32-16-18-33(19-17-32)25-6-4-23(5-7-25)27(36)34-13-10-29(11-14-34)12-15-35(28(29)37)26-8-2-22(3-9-26)24(20-30)21-31/h2-9,20-21,30H,10-19,31H2,1H3/b24-21+,30-20?. The Morgan fingerprint density at radius 3 is 2.00 bits per heavy atom. The molecule has 3 heterocycles. The van der Waals surface area contributed by atoms with E-state index >= 15 is 0 Å². The van der Waals surface area contributed by atoms with E-state index in [1.807, 2.05) is 46.2 Å². The Balaban J connectivity index is 1.19. The van der Waals surface area contributed by atoms with Crippen LogP contribution in [0.15, 0.2) is 54.7 Å². The van der Waals surface area contributed by atoms with Gasteiger partial charge in [0.05, 0.1) is 5.41 Å². The number of anilines is 2. The van der Waals surface area contributed by atoms with Gasteiger partial charge in [-0.1, -0.05) is 12.1 Å². The van der Waals surface area contributed by atoms with Gasteiger partial charge in [-0.05, 0) is 68.3 Å². The zero-order valence-corrected chi connectivity index (χ0v) is 21.5. The average molecular weight is 501 g/mol. The predicted molar refractivity (Wildman–Crippen MR) is 148 cm³/mol. The van der Waals surface area contributed by atoms with Gasteiger partial charge in [-0.25, -0.2) is 0 Å². The molecule has 8 nitrogen and oxygen atoms in total. The van der Waals surface area contributed by atoms with Gasteiger partial charge < -0.3 is 30.7 Å². The number of hydrogen-bond donors (Lipinski definition) is 2. The number of piperidine rings is 1. The highest BCUT2D eigenvalue weighted by Gasteiger charge is 2.49. The zero-order chi connectivity index (χ0) is 26.0. The van der Waals surface area contributed by atoms with Gasteiger partial charge in [0.1, 0.15) is 0 Å². The van der Waals surface area contributed by atoms with Crippen LogP contribution in [0.2, 0.25) is 0 Å². The topological polar surface area (TPSA) is 97.0 Å². The molecular weight excluding hydrogens is 464 g/mol. The second-order valence-electron chi connectivity index (χ2n) is 10.4. The molecule has 3 fully saturated rings. The third-order valence-electron chi connectivity index (χ3n) is 8.35. The smallest absolute Gasteiger partial charge is 0.253 e. The molecule has 0 bridgehead atoms. The van der Waals surface area contributed by atoms with Gasteiger partial charge in [0, 0.05) is 80.7 Å². The number of benzene rings is 2. The van der Waals surface area contributed by atoms with Crippen LogP contribution in [0.4, 0.5) is 11.4 Å². The second-order valence-corrected chi connectivity index (χ2v) is 10.4. The van der Waals surface area contributed by atoms with Crippen LogP contribution in [-0.2, 0) is 4.79 Å². The van der Waals surface area contributed by atoms with Gasteiger partial charge in [-0.15, -0.1) is 0 Å². The van der Waals surface area contributed by atoms with E-state index in [-0.39, 0.29) is 11.8 Å². The molecule has 0 saturated carbocycles. The van der Waals surface area contributed by atoms with Crippen molar-refractivity contribution in [3.05, 3.63) is 65.9 Å². The Labute approximate surface area is 218 Å². The van der Waals surface area contributed by atoms with E-state index in [2.05, 4.69) is 29.0 Å². The van der Waals surface area contributed by atoms with Crippen LogP contribution in [0, 0.1) is 10.8 Å². The lowest BCUT2D eigenvalue weighted by atomic mass is 9.77. The van der Waals surface area contributed by atoms with E-state index in [1.165, 1.54) is 18.1 Å². The maximum atomic E-state index is 13.5. The highest BCUT2D eigenvalue weighted by atomic mass is 16.2. The lowest BCUT2D eigenvalue weighted by molar-refractivity contribution is -0.127. The number of nitrogens with zero attached hydrogens (tertiary/aromatic N) is 4. The number of hydrogen-bond acceptors (Lipinski definition) is 6. The van der Waals surface area contributed by atoms with Crippen LogP contribution in [-0.4, -0.2) is 80.7 Å². The lowest BCUT2D eigenvalue weighted by Gasteiger charge is -2.38. The molecule has 37 heavy (non-hydrogen) atoms. The summed E-state index contributed by atoms with van der Waals surface area (Å²) in [4.78, 5) is 35.2. The first-order valence-corrected chi connectivity index (χ1v) is 13.1. The Morgan fingerprint density at radius 2 is 1.41 bits per heavy atom. The molecule has 194 valence electrons. The number of nitrogens with two attached hydrogens (primary N) is 1. The summed E-state index contributed by atoms with van der Waals surface area (Å²) < 4.78 is 0. The third-order valence-corrected chi connectivity index (χ3v) is 8.35. The van der Waals surface area contributed by atoms with Crippen LogP contribution in [0.3, 0.4) is 0 Å². The molecule has 0 aliphatic carbocycles. The summed E-state index contributed by atoms with van der Waals surface area (Å²) in [6.45, 7) is 5.99. The maximum Gasteiger partial charge on any atom is 0.253 e. The highest BCUT2D eigenvalue weighted by Crippen LogP contribution is 2.43. The quantitative estimate of drug-likeness (QED) is 0.615. The van der Waals surface area contributed by atoms with Crippen molar-refractivity contribution in [3.8, 4) is 0 Å². The molecule has 0 aromatic heterocycles. The molecule has 3 aliphatic rings. The minimum Gasteiger partial charge on any atom is -0.404 e. The molecule has 3 saturated heterocycles. The van der Waals surface area contributed by atoms with Crippen molar-refractivity contribution in [2.45, 2.75) is 19.3 Å². The summed E-state index contributed by atoms with van der Waals surface area (Å²) in [7, 11) is 2.15. The first-order chi connectivity index (χ1) is 17.9. The fourth-order valence-corrected chi connectivity index (χ4v) is 5.79. The van der Waals surface area contributed by atoms with E-state index < -0.39 is 5.41 Å². The van der Waals surface area contributed by atoms with E-state index in [4.69, 9.17) is 11.1 Å². The van der Waals surface area contributed by atoms with Gasteiger partial charge in [0.15, 0.2) is 0 Å². The van der Waals surface area contributed by atoms with Crippen LogP contribution in [0.25, 0.3) is 5.57 Å². The van der Waals surface area contributed by atoms with Crippen molar-refractivity contribution in [2.24, 2.45) is 11.1 Å². The molecule has 2 aromatic carbocycles. The van der Waals surface area contributed by atoms with Gasteiger partial charge in [-0.3, -0.25) is 9.59 Å². The summed E-state index contributed by atoms with van der Waals surface area (Å²) in [5.41, 5.74) is 9.44. The molecule has 1 spiro atoms. The monoisotopic (exact) mass is 500 g/mol. The fraction of sp³-hybridized carbons (Fsp3) is 0.414. The van der Waals surface area contributed by atoms with Crippen LogP contribution in [0.5, 0.6) is 0 Å². The lowest BCUT2D eigenvalue weighted by Crippen LogP contribution is -2.46. The van der Waals surface area contributed by atoms with Crippen LogP contribution >= 0.6 is 0 Å². The van der Waals surface area contributed by atoms with Gasteiger partial charge in [0.25, 0.3) is 5.91 Å². The molecule has 8 heteroatoms. The molecule has 2 aromatic rings. The van der Waals surface area contributed by atoms with Crippen molar-refractivity contribution < 1.29 is 9.59 Å². The van der Waals surface area contributed by atoms with Gasteiger partial charge in [-0.2, -0.15) is 0 Å². The third kappa shape index (κ3) is 4.85. The summed E-state index contributed by atoms with van der Waals surface area (Å²) >= 11 is 0. The minimum atomic E-state index is -0.391. The first-order valence-electron chi connectivity index (χ1n) is 13.1. The van der Waals surface area contributed by atoms with Gasteiger partial charge in [0.2, 0.25) is 5.91 Å². The Bertz CT molecular complexity index is 1170. The van der Waals surface area contributed by atoms with Crippen molar-refractivity contribution in [1.29, 1.82) is 5.41 Å². The molecule has 0 radical (unpaired) electrons. The molecule has 3 aliphatic heterocycles. The normalized spacial score (nSPS) is 20.5. The number of nitrogens with one attached hydrogen (secondary N) is 1. The van der Waals surface area contributed by atoms with Crippen LogP contribution in [0.1, 0.15) is 35.2 Å². The number of rotatable bonds is 5. The van der Waals surface area contributed by atoms with Gasteiger partial charge >= 0.3 is 0 Å². The SMILES string of the molecule is CN1CCN(c2ccc(C(=O)N3CCC4(CC3)CCN(c3ccc(/C(C=N)=C/N)cc3)C4=O)cc2)CC1. The number of piperazine rings is 1. The van der Waals surface area contributed by atoms with E-state index in [0.717, 1.165) is 43.9 Å². The minimum absolute atomic E-state index is 0.0487. The number of allylic oxidation sites excluding steroid dienone is 1. The van der Waals surface area contributed by atoms with E-state index in [0.29, 0.717) is 43.6 Å². The fourth-order valence-electron chi connectivity index (χ4n) is 5.79. The van der Waals surface area contributed by atoms with E-state index in [1.54, 1.807) is 0 Å². The Kier molecular flexibility index (Phi) is 7.02. The number of carbonyl (C=O) groups is 2. The highest BCUT2D eigenvalue weighted by molar-refractivity contribution is 6.08. The summed E-state index contributed by atoms with van der Waals surface area (Å²) in [5, 5.41) is 7.47. The maximum absolute atomic E-state index is 13.5. The van der Waals surface area contributed by atoms with Crippen molar-refractivity contribution in [1.82, 2.24) is 9.80 Å². The largest absolute Gasteiger partial charge is 0.404 e. The number of likely N-dealkylation sites (N-methyl/N-ethyl adjacent to an activating group) is 1. The summed E-state index contributed by atoms with van der Waals surface area (Å²) in [5.74, 6) is 0.207. The Morgan fingerprint density at radius 1 is 0.838 bits per heavy atom. The molecule has 3 N–H and O–H groups in total. The predicted octanol–water partition coefficient (Wildman–Crippen LogP) is 3.05. The number of amides is 2. The average Bonchev–Trinajstić information content (AvgIpc) is 3.25. The van der Waals surface area contributed by atoms with Crippen molar-refractivity contribution in [3.63, 3.8) is 0 Å². The molecule has 0 unspecified atom stereocenters. The van der Waals surface area contributed by atoms with E-state index in [9.17, 15) is 9.59 Å². The number of likely N-dealkylation sites (tertiary alicyclic amines) is 1. The number of carbonyl (C=O) groups excluding carboxylic acids is 2. The van der Waals surface area contributed by atoms with Crippen molar-refractivity contribution >= 4 is 35.0 Å². The zero-order valence-electron chi connectivity index (χ0n) is 21.5. The first kappa shape index (κ1) is 25.0. The van der Waals surface area contributed by atoms with Crippen LogP contribution < -0.4 is 15.5 Å². The molecule has 2 amide bonds. The Hall–Kier alpha value is -3.65. The second kappa shape index (κ2) is 10.4. The summed E-state index contributed by atoms with van der Waals surface area (Å²) in [6, 6.07) is 15.6. The summed E-state index contributed by atoms with van der Waals surface area (Å²) in [6.07, 6.45) is 4.83. The molecular formula is C29H36N6O2. The van der Waals surface area contributed by atoms with Crippen molar-refractivity contribution in [2.75, 3.05) is 62.7 Å². The molecule has 5 rings (SSSR count).